The Labute approximate surface area is 125 Å². The molecule has 2 aromatic heterocycles. The number of hydrogen-bond donors (Lipinski definition) is 0. The Morgan fingerprint density at radius 2 is 2.14 bits per heavy atom. The van der Waals surface area contributed by atoms with Gasteiger partial charge >= 0.3 is 0 Å². The van der Waals surface area contributed by atoms with Crippen molar-refractivity contribution in [1.29, 1.82) is 0 Å². The summed E-state index contributed by atoms with van der Waals surface area (Å²) in [6.45, 7) is 4.98. The summed E-state index contributed by atoms with van der Waals surface area (Å²) in [5.41, 5.74) is 2.55. The zero-order valence-electron chi connectivity index (χ0n) is 12.5. The van der Waals surface area contributed by atoms with E-state index in [1.165, 1.54) is 24.1 Å². The number of aromatic nitrogens is 2. The highest BCUT2D eigenvalue weighted by Gasteiger charge is 2.28. The van der Waals surface area contributed by atoms with Gasteiger partial charge in [0.05, 0.1) is 6.54 Å². The Morgan fingerprint density at radius 3 is 2.90 bits per heavy atom. The molecule has 0 unspecified atom stereocenters. The molecule has 0 N–H and O–H groups in total. The molecule has 4 nitrogen and oxygen atoms in total. The van der Waals surface area contributed by atoms with Gasteiger partial charge in [-0.05, 0) is 25.0 Å². The third kappa shape index (κ3) is 2.72. The lowest BCUT2D eigenvalue weighted by atomic mass is 10.1. The lowest BCUT2D eigenvalue weighted by Gasteiger charge is -2.27. The van der Waals surface area contributed by atoms with Crippen LogP contribution in [-0.4, -0.2) is 21.4 Å². The molecule has 110 valence electrons. The topological polar surface area (TPSA) is 42.2 Å². The second-order valence-corrected chi connectivity index (χ2v) is 6.16. The fourth-order valence-electron chi connectivity index (χ4n) is 2.98. The Kier molecular flexibility index (Phi) is 3.26. The molecule has 0 bridgehead atoms. The number of hydrogen-bond acceptors (Lipinski definition) is 4. The predicted octanol–water partition coefficient (Wildman–Crippen LogP) is 3.07. The van der Waals surface area contributed by atoms with E-state index in [9.17, 15) is 0 Å². The first kappa shape index (κ1) is 13.0. The monoisotopic (exact) mass is 283 g/mol. The highest BCUT2D eigenvalue weighted by atomic mass is 16.3. The number of fused-ring (bicyclic) bond motifs is 1. The first-order chi connectivity index (χ1) is 10.3. The molecule has 0 spiro atoms. The van der Waals surface area contributed by atoms with Gasteiger partial charge in [-0.3, -0.25) is 4.90 Å². The highest BCUT2D eigenvalue weighted by Crippen LogP contribution is 2.38. The molecule has 0 atom stereocenters. The number of rotatable bonds is 4. The fourth-order valence-corrected chi connectivity index (χ4v) is 2.98. The summed E-state index contributed by atoms with van der Waals surface area (Å²) in [7, 11) is 0. The molecule has 1 aliphatic heterocycles. The molecule has 1 saturated carbocycles. The second-order valence-electron chi connectivity index (χ2n) is 6.16. The van der Waals surface area contributed by atoms with E-state index in [1.807, 2.05) is 6.20 Å². The van der Waals surface area contributed by atoms with Crippen molar-refractivity contribution in [2.45, 2.75) is 51.6 Å². The van der Waals surface area contributed by atoms with E-state index in [0.717, 1.165) is 49.8 Å². The van der Waals surface area contributed by atoms with E-state index in [1.54, 1.807) is 0 Å². The summed E-state index contributed by atoms with van der Waals surface area (Å²) >= 11 is 0. The van der Waals surface area contributed by atoms with Crippen LogP contribution in [0, 0.1) is 0 Å². The van der Waals surface area contributed by atoms with Crippen molar-refractivity contribution in [1.82, 2.24) is 14.9 Å². The fraction of sp³-hybridized carbons (Fsp3) is 0.529. The maximum atomic E-state index is 5.81. The van der Waals surface area contributed by atoms with E-state index < -0.39 is 0 Å². The Hall–Kier alpha value is -1.68. The molecule has 2 aliphatic rings. The molecule has 4 heteroatoms. The van der Waals surface area contributed by atoms with Gasteiger partial charge in [0.25, 0.3) is 0 Å². The minimum atomic E-state index is 0.643. The minimum Gasteiger partial charge on any atom is -0.465 e. The maximum absolute atomic E-state index is 5.81. The van der Waals surface area contributed by atoms with Crippen LogP contribution in [-0.2, 0) is 25.9 Å². The van der Waals surface area contributed by atoms with Crippen molar-refractivity contribution in [3.05, 3.63) is 46.9 Å². The van der Waals surface area contributed by atoms with Crippen LogP contribution in [0.3, 0.4) is 0 Å². The van der Waals surface area contributed by atoms with Crippen molar-refractivity contribution in [3.8, 4) is 0 Å². The van der Waals surface area contributed by atoms with Crippen LogP contribution in [0.15, 0.2) is 22.7 Å². The zero-order valence-corrected chi connectivity index (χ0v) is 12.5. The number of aryl methyl sites for hydroxylation is 1. The standard InChI is InChI=1S/C17H21N3O/c1-2-14-5-6-15(21-14)11-20-8-7-16-13(10-20)9-18-17(19-16)12-3-4-12/h5-6,9,12H,2-4,7-8,10-11H2,1H3. The van der Waals surface area contributed by atoms with Crippen LogP contribution in [0.2, 0.25) is 0 Å². The molecular weight excluding hydrogens is 262 g/mol. The minimum absolute atomic E-state index is 0.643. The van der Waals surface area contributed by atoms with Gasteiger partial charge in [-0.15, -0.1) is 0 Å². The molecular formula is C17H21N3O. The van der Waals surface area contributed by atoms with Crippen molar-refractivity contribution in [2.75, 3.05) is 6.54 Å². The van der Waals surface area contributed by atoms with Crippen LogP contribution in [0.1, 0.15) is 54.3 Å². The van der Waals surface area contributed by atoms with Crippen LogP contribution < -0.4 is 0 Å². The molecule has 0 saturated heterocycles. The van der Waals surface area contributed by atoms with Crippen LogP contribution in [0.4, 0.5) is 0 Å². The first-order valence-corrected chi connectivity index (χ1v) is 7.96. The Morgan fingerprint density at radius 1 is 1.29 bits per heavy atom. The average Bonchev–Trinajstić information content (AvgIpc) is 3.27. The van der Waals surface area contributed by atoms with E-state index in [-0.39, 0.29) is 0 Å². The summed E-state index contributed by atoms with van der Waals surface area (Å²) in [6, 6.07) is 4.18. The predicted molar refractivity (Wildman–Crippen MR) is 79.9 cm³/mol. The molecule has 3 heterocycles. The first-order valence-electron chi connectivity index (χ1n) is 7.96. The molecule has 2 aromatic rings. The van der Waals surface area contributed by atoms with Gasteiger partial charge in [-0.1, -0.05) is 6.92 Å². The van der Waals surface area contributed by atoms with Gasteiger partial charge in [-0.25, -0.2) is 9.97 Å². The normalized spacial score (nSPS) is 18.7. The van der Waals surface area contributed by atoms with E-state index >= 15 is 0 Å². The SMILES string of the molecule is CCc1ccc(CN2CCc3nc(C4CC4)ncc3C2)o1. The van der Waals surface area contributed by atoms with Gasteiger partial charge in [0.2, 0.25) is 0 Å². The Balaban J connectivity index is 1.46. The van der Waals surface area contributed by atoms with Crippen LogP contribution >= 0.6 is 0 Å². The molecule has 0 radical (unpaired) electrons. The zero-order chi connectivity index (χ0) is 14.2. The summed E-state index contributed by atoms with van der Waals surface area (Å²) < 4.78 is 5.81. The van der Waals surface area contributed by atoms with E-state index in [2.05, 4.69) is 28.9 Å². The van der Waals surface area contributed by atoms with Gasteiger partial charge in [-0.2, -0.15) is 0 Å². The van der Waals surface area contributed by atoms with Crippen molar-refractivity contribution < 1.29 is 4.42 Å². The van der Waals surface area contributed by atoms with Crippen LogP contribution in [0.25, 0.3) is 0 Å². The average molecular weight is 283 g/mol. The van der Waals surface area contributed by atoms with E-state index in [0.29, 0.717) is 5.92 Å². The third-order valence-electron chi connectivity index (χ3n) is 4.42. The van der Waals surface area contributed by atoms with Crippen molar-refractivity contribution in [3.63, 3.8) is 0 Å². The summed E-state index contributed by atoms with van der Waals surface area (Å²) in [5, 5.41) is 0. The number of nitrogens with zero attached hydrogens (tertiary/aromatic N) is 3. The quantitative estimate of drug-likeness (QED) is 0.865. The summed E-state index contributed by atoms with van der Waals surface area (Å²) in [4.78, 5) is 11.7. The second kappa shape index (κ2) is 5.26. The highest BCUT2D eigenvalue weighted by molar-refractivity contribution is 5.22. The van der Waals surface area contributed by atoms with Gasteiger partial charge < -0.3 is 4.42 Å². The largest absolute Gasteiger partial charge is 0.465 e. The van der Waals surface area contributed by atoms with Crippen molar-refractivity contribution in [2.24, 2.45) is 0 Å². The molecule has 21 heavy (non-hydrogen) atoms. The molecule has 0 amide bonds. The lowest BCUT2D eigenvalue weighted by Crippen LogP contribution is -2.31. The smallest absolute Gasteiger partial charge is 0.131 e. The summed E-state index contributed by atoms with van der Waals surface area (Å²) in [6.07, 6.45) is 6.56. The molecule has 0 aromatic carbocycles. The van der Waals surface area contributed by atoms with Crippen molar-refractivity contribution >= 4 is 0 Å². The lowest BCUT2D eigenvalue weighted by molar-refractivity contribution is 0.221. The van der Waals surface area contributed by atoms with Crippen LogP contribution in [0.5, 0.6) is 0 Å². The van der Waals surface area contributed by atoms with E-state index in [4.69, 9.17) is 9.40 Å². The Bertz CT molecular complexity index is 645. The maximum Gasteiger partial charge on any atom is 0.131 e. The third-order valence-corrected chi connectivity index (χ3v) is 4.42. The van der Waals surface area contributed by atoms with Gasteiger partial charge in [0.1, 0.15) is 17.3 Å². The van der Waals surface area contributed by atoms with Gasteiger partial charge in [0, 0.05) is 49.3 Å². The van der Waals surface area contributed by atoms with Gasteiger partial charge in [0.15, 0.2) is 0 Å². The summed E-state index contributed by atoms with van der Waals surface area (Å²) in [5.74, 6) is 3.84. The molecule has 4 rings (SSSR count). The molecule has 1 aliphatic carbocycles. The number of furan rings is 1. The molecule has 1 fully saturated rings.